The fourth-order valence-corrected chi connectivity index (χ4v) is 1.28. The average Bonchev–Trinajstić information content (AvgIpc) is 2.09. The monoisotopic (exact) mass is 193 g/mol. The minimum Gasteiger partial charge on any atom is -0.206 e. The van der Waals surface area contributed by atoms with E-state index in [-0.39, 0.29) is 5.69 Å². The fourth-order valence-electron chi connectivity index (χ4n) is 1.28. The van der Waals surface area contributed by atoms with Crippen LogP contribution in [-0.4, -0.2) is 0 Å². The summed E-state index contributed by atoms with van der Waals surface area (Å²) in [6.45, 7) is 4.14. The summed E-state index contributed by atoms with van der Waals surface area (Å²) in [5.74, 6) is 0.0284. The van der Waals surface area contributed by atoms with Crippen molar-refractivity contribution in [1.29, 1.82) is 0 Å². The maximum atomic E-state index is 13.2. The van der Waals surface area contributed by atoms with E-state index in [0.29, 0.717) is 5.92 Å². The molecule has 0 fully saturated rings. The second kappa shape index (κ2) is 4.63. The highest BCUT2D eigenvalue weighted by atomic mass is 19.1. The third kappa shape index (κ3) is 2.75. The molecule has 0 saturated heterocycles. The predicted molar refractivity (Wildman–Crippen MR) is 53.7 cm³/mol. The van der Waals surface area contributed by atoms with Crippen molar-refractivity contribution in [1.82, 2.24) is 0 Å². The standard InChI is InChI=1S/C10H12FN3/c1-7(2)5-8-3-4-10(13-14-12)9(11)6-8/h3-4,6-7H,5H2,1-2H3. The molecule has 1 aromatic carbocycles. The van der Waals surface area contributed by atoms with Crippen molar-refractivity contribution >= 4 is 5.69 Å². The van der Waals surface area contributed by atoms with E-state index in [9.17, 15) is 4.39 Å². The van der Waals surface area contributed by atoms with Crippen molar-refractivity contribution < 1.29 is 4.39 Å². The molecule has 0 atom stereocenters. The Labute approximate surface area is 82.2 Å². The van der Waals surface area contributed by atoms with Gasteiger partial charge in [-0.3, -0.25) is 0 Å². The van der Waals surface area contributed by atoms with E-state index in [2.05, 4.69) is 23.9 Å². The predicted octanol–water partition coefficient (Wildman–Crippen LogP) is 3.97. The largest absolute Gasteiger partial charge is 0.206 e. The van der Waals surface area contributed by atoms with E-state index in [1.165, 1.54) is 12.1 Å². The average molecular weight is 193 g/mol. The maximum Gasteiger partial charge on any atom is 0.133 e. The van der Waals surface area contributed by atoms with Crippen LogP contribution in [0.2, 0.25) is 0 Å². The quantitative estimate of drug-likeness (QED) is 0.396. The second-order valence-electron chi connectivity index (χ2n) is 3.57. The first-order valence-electron chi connectivity index (χ1n) is 4.47. The van der Waals surface area contributed by atoms with Gasteiger partial charge in [0.2, 0.25) is 0 Å². The number of benzene rings is 1. The van der Waals surface area contributed by atoms with Crippen LogP contribution in [-0.2, 0) is 6.42 Å². The highest BCUT2D eigenvalue weighted by Gasteiger charge is 2.03. The van der Waals surface area contributed by atoms with Crippen molar-refractivity contribution in [2.45, 2.75) is 20.3 Å². The van der Waals surface area contributed by atoms with Gasteiger partial charge in [-0.1, -0.05) is 25.0 Å². The number of halogens is 1. The van der Waals surface area contributed by atoms with Gasteiger partial charge in [-0.2, -0.15) is 0 Å². The number of azide groups is 1. The van der Waals surface area contributed by atoms with Crippen LogP contribution in [0.1, 0.15) is 19.4 Å². The summed E-state index contributed by atoms with van der Waals surface area (Å²) in [7, 11) is 0. The fraction of sp³-hybridized carbons (Fsp3) is 0.400. The Kier molecular flexibility index (Phi) is 3.48. The molecule has 0 heterocycles. The number of hydrogen-bond donors (Lipinski definition) is 0. The molecule has 0 aliphatic heterocycles. The van der Waals surface area contributed by atoms with Gasteiger partial charge in [0.25, 0.3) is 0 Å². The van der Waals surface area contributed by atoms with Gasteiger partial charge < -0.3 is 0 Å². The summed E-state index contributed by atoms with van der Waals surface area (Å²) in [5.41, 5.74) is 9.13. The van der Waals surface area contributed by atoms with E-state index in [1.54, 1.807) is 6.07 Å². The van der Waals surface area contributed by atoms with Crippen LogP contribution in [0.25, 0.3) is 10.4 Å². The Hall–Kier alpha value is -1.54. The number of nitrogens with zero attached hydrogens (tertiary/aromatic N) is 3. The molecule has 0 bridgehead atoms. The van der Waals surface area contributed by atoms with Gasteiger partial charge in [-0.05, 0) is 35.6 Å². The SMILES string of the molecule is CC(C)Cc1ccc(N=[N+]=[N-])c(F)c1. The number of hydrogen-bond acceptors (Lipinski definition) is 1. The van der Waals surface area contributed by atoms with Crippen LogP contribution < -0.4 is 0 Å². The van der Waals surface area contributed by atoms with Crippen molar-refractivity contribution in [2.24, 2.45) is 11.0 Å². The third-order valence-corrected chi connectivity index (χ3v) is 1.81. The molecule has 0 unspecified atom stereocenters. The van der Waals surface area contributed by atoms with Crippen LogP contribution in [0, 0.1) is 11.7 Å². The molecule has 0 amide bonds. The van der Waals surface area contributed by atoms with Gasteiger partial charge in [-0.15, -0.1) is 0 Å². The topological polar surface area (TPSA) is 48.8 Å². The Morgan fingerprint density at radius 3 is 2.71 bits per heavy atom. The molecule has 0 N–H and O–H groups in total. The number of rotatable bonds is 3. The van der Waals surface area contributed by atoms with Crippen LogP contribution >= 0.6 is 0 Å². The first-order chi connectivity index (χ1) is 6.63. The van der Waals surface area contributed by atoms with Crippen molar-refractivity contribution in [3.05, 3.63) is 40.0 Å². The molecule has 14 heavy (non-hydrogen) atoms. The van der Waals surface area contributed by atoms with Crippen LogP contribution in [0.3, 0.4) is 0 Å². The molecular formula is C10H12FN3. The van der Waals surface area contributed by atoms with Crippen molar-refractivity contribution in [3.63, 3.8) is 0 Å². The molecule has 0 spiro atoms. The lowest BCUT2D eigenvalue weighted by Crippen LogP contribution is -1.94. The van der Waals surface area contributed by atoms with Gasteiger partial charge in [0.05, 0.1) is 5.69 Å². The first-order valence-corrected chi connectivity index (χ1v) is 4.47. The van der Waals surface area contributed by atoms with Crippen LogP contribution in [0.4, 0.5) is 10.1 Å². The van der Waals surface area contributed by atoms with E-state index < -0.39 is 5.82 Å². The second-order valence-corrected chi connectivity index (χ2v) is 3.57. The molecule has 0 aliphatic rings. The molecule has 0 saturated carbocycles. The molecule has 1 aromatic rings. The maximum absolute atomic E-state index is 13.2. The van der Waals surface area contributed by atoms with Gasteiger partial charge in [0.1, 0.15) is 5.82 Å². The molecule has 4 heteroatoms. The Morgan fingerprint density at radius 2 is 2.21 bits per heavy atom. The summed E-state index contributed by atoms with van der Waals surface area (Å²) in [4.78, 5) is 2.54. The highest BCUT2D eigenvalue weighted by molar-refractivity contribution is 5.40. The third-order valence-electron chi connectivity index (χ3n) is 1.81. The first kappa shape index (κ1) is 10.5. The van der Waals surface area contributed by atoms with E-state index in [1.807, 2.05) is 0 Å². The van der Waals surface area contributed by atoms with Crippen molar-refractivity contribution in [2.75, 3.05) is 0 Å². The summed E-state index contributed by atoms with van der Waals surface area (Å²) < 4.78 is 13.2. The van der Waals surface area contributed by atoms with Gasteiger partial charge in [-0.25, -0.2) is 4.39 Å². The lowest BCUT2D eigenvalue weighted by molar-refractivity contribution is 0.614. The molecular weight excluding hydrogens is 181 g/mol. The zero-order valence-corrected chi connectivity index (χ0v) is 8.24. The zero-order valence-electron chi connectivity index (χ0n) is 8.24. The minimum absolute atomic E-state index is 0.0556. The van der Waals surface area contributed by atoms with E-state index >= 15 is 0 Å². The summed E-state index contributed by atoms with van der Waals surface area (Å²) in [6, 6.07) is 4.71. The molecule has 3 nitrogen and oxygen atoms in total. The van der Waals surface area contributed by atoms with Gasteiger partial charge >= 0.3 is 0 Å². The van der Waals surface area contributed by atoms with Crippen LogP contribution in [0.15, 0.2) is 23.3 Å². The lowest BCUT2D eigenvalue weighted by atomic mass is 10.0. The van der Waals surface area contributed by atoms with E-state index in [0.717, 1.165) is 12.0 Å². The Balaban J connectivity index is 2.94. The van der Waals surface area contributed by atoms with E-state index in [4.69, 9.17) is 5.53 Å². The summed E-state index contributed by atoms with van der Waals surface area (Å²) in [6.07, 6.45) is 0.827. The van der Waals surface area contributed by atoms with Crippen molar-refractivity contribution in [3.8, 4) is 0 Å². The van der Waals surface area contributed by atoms with Gasteiger partial charge in [0, 0.05) is 4.91 Å². The zero-order chi connectivity index (χ0) is 10.6. The Bertz CT molecular complexity index is 368. The van der Waals surface area contributed by atoms with Gasteiger partial charge in [0.15, 0.2) is 0 Å². The van der Waals surface area contributed by atoms with Crippen LogP contribution in [0.5, 0.6) is 0 Å². The normalized spacial score (nSPS) is 10.0. The molecule has 0 aliphatic carbocycles. The molecule has 0 aromatic heterocycles. The Morgan fingerprint density at radius 1 is 1.50 bits per heavy atom. The molecule has 74 valence electrons. The minimum atomic E-state index is -0.457. The summed E-state index contributed by atoms with van der Waals surface area (Å²) >= 11 is 0. The summed E-state index contributed by atoms with van der Waals surface area (Å²) in [5, 5.41) is 3.23. The smallest absolute Gasteiger partial charge is 0.133 e. The highest BCUT2D eigenvalue weighted by Crippen LogP contribution is 2.20. The molecule has 0 radical (unpaired) electrons. The lowest BCUT2D eigenvalue weighted by Gasteiger charge is -2.05. The molecule has 1 rings (SSSR count).